The standard InChI is InChI=1S/C30H53NO2/c1-5-6-7-8-9-10-11-12-13-14-15-16-17-18-19-20-30(32)31-23-24-33-29-25-27(4)21-22-28(29)26(2)3/h21-22,25-26H,5-20,23-24H2,1-4H3,(H,31,32). The van der Waals surface area contributed by atoms with Crippen molar-refractivity contribution in [2.75, 3.05) is 13.2 Å². The lowest BCUT2D eigenvalue weighted by Gasteiger charge is -2.15. The van der Waals surface area contributed by atoms with Crippen LogP contribution in [0.4, 0.5) is 0 Å². The lowest BCUT2D eigenvalue weighted by atomic mass is 10.0. The predicted molar refractivity (Wildman–Crippen MR) is 143 cm³/mol. The summed E-state index contributed by atoms with van der Waals surface area (Å²) < 4.78 is 5.95. The van der Waals surface area contributed by atoms with Gasteiger partial charge in [-0.25, -0.2) is 0 Å². The molecule has 3 nitrogen and oxygen atoms in total. The summed E-state index contributed by atoms with van der Waals surface area (Å²) in [6.07, 6.45) is 20.9. The van der Waals surface area contributed by atoms with Crippen LogP contribution in [0.3, 0.4) is 0 Å². The monoisotopic (exact) mass is 459 g/mol. The number of hydrogen-bond acceptors (Lipinski definition) is 2. The van der Waals surface area contributed by atoms with Crippen LogP contribution >= 0.6 is 0 Å². The van der Waals surface area contributed by atoms with E-state index in [1.807, 2.05) is 0 Å². The number of carbonyl (C=O) groups excluding carboxylic acids is 1. The minimum absolute atomic E-state index is 0.154. The van der Waals surface area contributed by atoms with Crippen LogP contribution in [-0.2, 0) is 4.79 Å². The summed E-state index contributed by atoms with van der Waals surface area (Å²) in [4.78, 5) is 12.1. The third-order valence-electron chi connectivity index (χ3n) is 6.48. The first-order valence-corrected chi connectivity index (χ1v) is 14.0. The van der Waals surface area contributed by atoms with E-state index in [-0.39, 0.29) is 5.91 Å². The average Bonchev–Trinajstić information content (AvgIpc) is 2.79. The van der Waals surface area contributed by atoms with Gasteiger partial charge in [0.1, 0.15) is 12.4 Å². The molecule has 0 bridgehead atoms. The SMILES string of the molecule is CCCCCCCCCCCCCCCCCC(=O)NCCOc1cc(C)ccc1C(C)C. The number of ether oxygens (including phenoxy) is 1. The zero-order valence-electron chi connectivity index (χ0n) is 22.4. The van der Waals surface area contributed by atoms with E-state index in [9.17, 15) is 4.79 Å². The van der Waals surface area contributed by atoms with Gasteiger partial charge in [-0.2, -0.15) is 0 Å². The van der Waals surface area contributed by atoms with Crippen LogP contribution in [0.1, 0.15) is 141 Å². The second-order valence-electron chi connectivity index (χ2n) is 10.1. The summed E-state index contributed by atoms with van der Waals surface area (Å²) in [6, 6.07) is 6.36. The Morgan fingerprint density at radius 2 is 1.33 bits per heavy atom. The van der Waals surface area contributed by atoms with Crippen LogP contribution in [0.2, 0.25) is 0 Å². The van der Waals surface area contributed by atoms with E-state index in [2.05, 4.69) is 51.2 Å². The minimum Gasteiger partial charge on any atom is -0.491 e. The highest BCUT2D eigenvalue weighted by Crippen LogP contribution is 2.27. The quantitative estimate of drug-likeness (QED) is 0.186. The second-order valence-corrected chi connectivity index (χ2v) is 10.1. The van der Waals surface area contributed by atoms with Gasteiger partial charge >= 0.3 is 0 Å². The highest BCUT2D eigenvalue weighted by molar-refractivity contribution is 5.75. The number of benzene rings is 1. The summed E-state index contributed by atoms with van der Waals surface area (Å²) in [6.45, 7) is 9.81. The van der Waals surface area contributed by atoms with Crippen LogP contribution in [0.15, 0.2) is 18.2 Å². The van der Waals surface area contributed by atoms with E-state index < -0.39 is 0 Å². The number of hydrogen-bond donors (Lipinski definition) is 1. The van der Waals surface area contributed by atoms with E-state index in [0.29, 0.717) is 25.5 Å². The molecule has 1 N–H and O–H groups in total. The Morgan fingerprint density at radius 3 is 1.85 bits per heavy atom. The molecule has 1 aromatic carbocycles. The molecule has 0 unspecified atom stereocenters. The molecule has 0 saturated carbocycles. The van der Waals surface area contributed by atoms with Crippen molar-refractivity contribution < 1.29 is 9.53 Å². The third kappa shape index (κ3) is 15.9. The van der Waals surface area contributed by atoms with Crippen LogP contribution in [0, 0.1) is 6.92 Å². The van der Waals surface area contributed by atoms with Crippen molar-refractivity contribution in [1.82, 2.24) is 5.32 Å². The maximum atomic E-state index is 12.1. The van der Waals surface area contributed by atoms with Crippen LogP contribution in [-0.4, -0.2) is 19.1 Å². The molecule has 0 fully saturated rings. The van der Waals surface area contributed by atoms with Crippen molar-refractivity contribution in [2.24, 2.45) is 0 Å². The van der Waals surface area contributed by atoms with Crippen molar-refractivity contribution in [2.45, 2.75) is 136 Å². The smallest absolute Gasteiger partial charge is 0.220 e. The highest BCUT2D eigenvalue weighted by atomic mass is 16.5. The number of carbonyl (C=O) groups is 1. The van der Waals surface area contributed by atoms with Gasteiger partial charge in [-0.15, -0.1) is 0 Å². The predicted octanol–water partition coefficient (Wildman–Crippen LogP) is 8.87. The average molecular weight is 460 g/mol. The molecule has 3 heteroatoms. The van der Waals surface area contributed by atoms with Crippen molar-refractivity contribution in [3.63, 3.8) is 0 Å². The Morgan fingerprint density at radius 1 is 0.818 bits per heavy atom. The van der Waals surface area contributed by atoms with Gasteiger partial charge < -0.3 is 10.1 Å². The second kappa shape index (κ2) is 19.9. The first kappa shape index (κ1) is 29.5. The summed E-state index contributed by atoms with van der Waals surface area (Å²) in [5.74, 6) is 1.53. The largest absolute Gasteiger partial charge is 0.491 e. The summed E-state index contributed by atoms with van der Waals surface area (Å²) in [5, 5.41) is 3.00. The molecule has 1 aromatic rings. The van der Waals surface area contributed by atoms with Crippen LogP contribution in [0.5, 0.6) is 5.75 Å². The Bertz CT molecular complexity index is 611. The lowest BCUT2D eigenvalue weighted by molar-refractivity contribution is -0.121. The molecule has 0 saturated heterocycles. The molecule has 0 spiro atoms. The molecule has 33 heavy (non-hydrogen) atoms. The van der Waals surface area contributed by atoms with Gasteiger partial charge in [0.25, 0.3) is 0 Å². The van der Waals surface area contributed by atoms with Gasteiger partial charge in [-0.05, 0) is 36.5 Å². The van der Waals surface area contributed by atoms with Crippen molar-refractivity contribution >= 4 is 5.91 Å². The molecule has 0 radical (unpaired) electrons. The molecule has 0 aliphatic carbocycles. The Hall–Kier alpha value is -1.51. The first-order valence-electron chi connectivity index (χ1n) is 14.0. The van der Waals surface area contributed by atoms with Crippen molar-refractivity contribution in [3.8, 4) is 5.75 Å². The molecule has 190 valence electrons. The molecule has 0 heterocycles. The van der Waals surface area contributed by atoms with Gasteiger partial charge in [0.15, 0.2) is 0 Å². The number of aryl methyl sites for hydroxylation is 1. The van der Waals surface area contributed by atoms with Gasteiger partial charge in [0, 0.05) is 6.42 Å². The molecule has 0 atom stereocenters. The first-order chi connectivity index (χ1) is 16.0. The fourth-order valence-electron chi connectivity index (χ4n) is 4.34. The summed E-state index contributed by atoms with van der Waals surface area (Å²) in [5.41, 5.74) is 2.43. The van der Waals surface area contributed by atoms with E-state index in [0.717, 1.165) is 12.2 Å². The fraction of sp³-hybridized carbons (Fsp3) is 0.767. The van der Waals surface area contributed by atoms with Gasteiger partial charge in [0.05, 0.1) is 6.54 Å². The van der Waals surface area contributed by atoms with Gasteiger partial charge in [-0.3, -0.25) is 4.79 Å². The van der Waals surface area contributed by atoms with Gasteiger partial charge in [0.2, 0.25) is 5.91 Å². The number of rotatable bonds is 21. The number of unbranched alkanes of at least 4 members (excludes halogenated alkanes) is 14. The number of nitrogens with one attached hydrogen (secondary N) is 1. The molecular weight excluding hydrogens is 406 g/mol. The Balaban J connectivity index is 1.91. The van der Waals surface area contributed by atoms with E-state index in [4.69, 9.17) is 4.74 Å². The fourth-order valence-corrected chi connectivity index (χ4v) is 4.34. The summed E-state index contributed by atoms with van der Waals surface area (Å²) >= 11 is 0. The Labute approximate surface area is 205 Å². The summed E-state index contributed by atoms with van der Waals surface area (Å²) in [7, 11) is 0. The molecule has 1 amide bonds. The van der Waals surface area contributed by atoms with Crippen molar-refractivity contribution in [1.29, 1.82) is 0 Å². The highest BCUT2D eigenvalue weighted by Gasteiger charge is 2.08. The molecule has 0 aromatic heterocycles. The van der Waals surface area contributed by atoms with E-state index in [1.165, 1.54) is 101 Å². The normalized spacial score (nSPS) is 11.2. The van der Waals surface area contributed by atoms with Gasteiger partial charge in [-0.1, -0.05) is 123 Å². The molecule has 0 aliphatic heterocycles. The molecule has 1 rings (SSSR count). The lowest BCUT2D eigenvalue weighted by Crippen LogP contribution is -2.27. The van der Waals surface area contributed by atoms with E-state index in [1.54, 1.807) is 0 Å². The van der Waals surface area contributed by atoms with Crippen LogP contribution in [0.25, 0.3) is 0 Å². The van der Waals surface area contributed by atoms with Crippen molar-refractivity contribution in [3.05, 3.63) is 29.3 Å². The third-order valence-corrected chi connectivity index (χ3v) is 6.48. The zero-order chi connectivity index (χ0) is 24.2. The topological polar surface area (TPSA) is 38.3 Å². The minimum atomic E-state index is 0.154. The zero-order valence-corrected chi connectivity index (χ0v) is 22.4. The Kier molecular flexibility index (Phi) is 17.8. The maximum Gasteiger partial charge on any atom is 0.220 e. The van der Waals surface area contributed by atoms with E-state index >= 15 is 0 Å². The van der Waals surface area contributed by atoms with Crippen LogP contribution < -0.4 is 10.1 Å². The molecular formula is C30H53NO2. The molecule has 0 aliphatic rings. The maximum absolute atomic E-state index is 12.1. The number of amides is 1.